The van der Waals surface area contributed by atoms with Crippen molar-refractivity contribution in [2.75, 3.05) is 6.54 Å². The van der Waals surface area contributed by atoms with Crippen LogP contribution in [-0.2, 0) is 12.8 Å². The molecule has 3 rings (SSSR count). The summed E-state index contributed by atoms with van der Waals surface area (Å²) in [7, 11) is 0. The minimum atomic E-state index is 0.385. The van der Waals surface area contributed by atoms with E-state index in [9.17, 15) is 0 Å². The van der Waals surface area contributed by atoms with Crippen molar-refractivity contribution in [1.29, 1.82) is 0 Å². The minimum Gasteiger partial charge on any atom is -0.310 e. The fraction of sp³-hybridized carbons (Fsp3) is 0.368. The van der Waals surface area contributed by atoms with Crippen LogP contribution in [0.1, 0.15) is 36.1 Å². The van der Waals surface area contributed by atoms with E-state index in [1.165, 1.54) is 16.7 Å². The van der Waals surface area contributed by atoms with E-state index in [-0.39, 0.29) is 0 Å². The lowest BCUT2D eigenvalue weighted by molar-refractivity contribution is 0.374. The van der Waals surface area contributed by atoms with Gasteiger partial charge in [-0.1, -0.05) is 54.9 Å². The molecule has 0 bridgehead atoms. The molecule has 2 heteroatoms. The van der Waals surface area contributed by atoms with Gasteiger partial charge in [-0.2, -0.15) is 0 Å². The molecule has 0 spiro atoms. The molecule has 0 amide bonds. The van der Waals surface area contributed by atoms with Crippen LogP contribution in [0.15, 0.2) is 48.5 Å². The number of hydrogen-bond acceptors (Lipinski definition) is 1. The van der Waals surface area contributed by atoms with Crippen molar-refractivity contribution in [2.45, 2.75) is 32.2 Å². The zero-order chi connectivity index (χ0) is 14.7. The average molecular weight is 300 g/mol. The maximum atomic E-state index is 6.19. The first-order chi connectivity index (χ1) is 10.3. The summed E-state index contributed by atoms with van der Waals surface area (Å²) in [6.07, 6.45) is 3.46. The van der Waals surface area contributed by atoms with Crippen molar-refractivity contribution < 1.29 is 0 Å². The summed E-state index contributed by atoms with van der Waals surface area (Å²) in [5, 5.41) is 4.56. The molecule has 1 unspecified atom stereocenters. The average Bonchev–Trinajstić information content (AvgIpc) is 2.91. The molecule has 0 aliphatic heterocycles. The Kier molecular flexibility index (Phi) is 4.62. The zero-order valence-electron chi connectivity index (χ0n) is 12.5. The molecule has 1 N–H and O–H groups in total. The Morgan fingerprint density at radius 3 is 2.43 bits per heavy atom. The van der Waals surface area contributed by atoms with E-state index < -0.39 is 0 Å². The highest BCUT2D eigenvalue weighted by Crippen LogP contribution is 2.35. The van der Waals surface area contributed by atoms with E-state index in [0.29, 0.717) is 12.0 Å². The summed E-state index contributed by atoms with van der Waals surface area (Å²) in [5.74, 6) is 0.618. The lowest BCUT2D eigenvalue weighted by atomic mass is 9.90. The van der Waals surface area contributed by atoms with Crippen molar-refractivity contribution in [3.8, 4) is 0 Å². The van der Waals surface area contributed by atoms with Crippen molar-refractivity contribution in [2.24, 2.45) is 5.92 Å². The van der Waals surface area contributed by atoms with Gasteiger partial charge in [0.2, 0.25) is 0 Å². The lowest BCUT2D eigenvalue weighted by Gasteiger charge is -2.25. The SMILES string of the molecule is CCCNC(c1cccc(Cl)c1)C1Cc2ccccc2C1. The molecular formula is C19H22ClN. The second-order valence-corrected chi connectivity index (χ2v) is 6.36. The normalized spacial score (nSPS) is 15.9. The van der Waals surface area contributed by atoms with Crippen molar-refractivity contribution in [1.82, 2.24) is 5.32 Å². The van der Waals surface area contributed by atoms with Gasteiger partial charge in [0.1, 0.15) is 0 Å². The highest BCUT2D eigenvalue weighted by molar-refractivity contribution is 6.30. The smallest absolute Gasteiger partial charge is 0.0409 e. The van der Waals surface area contributed by atoms with Gasteiger partial charge in [0.05, 0.1) is 0 Å². The molecule has 0 radical (unpaired) electrons. The lowest BCUT2D eigenvalue weighted by Crippen LogP contribution is -2.29. The zero-order valence-corrected chi connectivity index (χ0v) is 13.2. The number of halogens is 1. The van der Waals surface area contributed by atoms with Gasteiger partial charge in [-0.3, -0.25) is 0 Å². The van der Waals surface area contributed by atoms with Crippen LogP contribution in [-0.4, -0.2) is 6.54 Å². The number of fused-ring (bicyclic) bond motifs is 1. The minimum absolute atomic E-state index is 0.385. The Labute approximate surface area is 132 Å². The molecule has 0 saturated heterocycles. The molecule has 1 atom stereocenters. The quantitative estimate of drug-likeness (QED) is 0.836. The maximum absolute atomic E-state index is 6.19. The fourth-order valence-electron chi connectivity index (χ4n) is 3.39. The van der Waals surface area contributed by atoms with Crippen molar-refractivity contribution in [3.05, 3.63) is 70.2 Å². The largest absolute Gasteiger partial charge is 0.310 e. The molecule has 0 aromatic heterocycles. The second-order valence-electron chi connectivity index (χ2n) is 5.92. The molecule has 0 fully saturated rings. The van der Waals surface area contributed by atoms with Gasteiger partial charge in [0.25, 0.3) is 0 Å². The second kappa shape index (κ2) is 6.64. The van der Waals surface area contributed by atoms with E-state index >= 15 is 0 Å². The van der Waals surface area contributed by atoms with Crippen LogP contribution in [0.25, 0.3) is 0 Å². The molecule has 110 valence electrons. The van der Waals surface area contributed by atoms with Crippen LogP contribution in [0.4, 0.5) is 0 Å². The first-order valence-electron chi connectivity index (χ1n) is 7.83. The van der Waals surface area contributed by atoms with Gasteiger partial charge >= 0.3 is 0 Å². The molecule has 1 aliphatic rings. The van der Waals surface area contributed by atoms with Gasteiger partial charge in [-0.25, -0.2) is 0 Å². The van der Waals surface area contributed by atoms with E-state index in [2.05, 4.69) is 54.7 Å². The van der Waals surface area contributed by atoms with Crippen LogP contribution < -0.4 is 5.32 Å². The Morgan fingerprint density at radius 2 is 1.81 bits per heavy atom. The number of hydrogen-bond donors (Lipinski definition) is 1. The number of benzene rings is 2. The summed E-state index contributed by atoms with van der Waals surface area (Å²) < 4.78 is 0. The topological polar surface area (TPSA) is 12.0 Å². The van der Waals surface area contributed by atoms with Gasteiger partial charge in [-0.15, -0.1) is 0 Å². The predicted octanol–water partition coefficient (Wildman–Crippen LogP) is 4.80. The summed E-state index contributed by atoms with van der Waals surface area (Å²) in [5.41, 5.74) is 4.33. The van der Waals surface area contributed by atoms with Gasteiger partial charge in [-0.05, 0) is 60.5 Å². The van der Waals surface area contributed by atoms with Gasteiger partial charge in [0.15, 0.2) is 0 Å². The molecular weight excluding hydrogens is 278 g/mol. The molecule has 0 saturated carbocycles. The summed E-state index contributed by atoms with van der Waals surface area (Å²) >= 11 is 6.19. The molecule has 1 aliphatic carbocycles. The van der Waals surface area contributed by atoms with Crippen LogP contribution in [0, 0.1) is 5.92 Å². The molecule has 1 nitrogen and oxygen atoms in total. The van der Waals surface area contributed by atoms with Crippen LogP contribution in [0.3, 0.4) is 0 Å². The molecule has 0 heterocycles. The van der Waals surface area contributed by atoms with Crippen LogP contribution >= 0.6 is 11.6 Å². The molecule has 2 aromatic rings. The highest BCUT2D eigenvalue weighted by atomic mass is 35.5. The highest BCUT2D eigenvalue weighted by Gasteiger charge is 2.29. The Balaban J connectivity index is 1.84. The third-order valence-electron chi connectivity index (χ3n) is 4.38. The fourth-order valence-corrected chi connectivity index (χ4v) is 3.58. The van der Waals surface area contributed by atoms with E-state index in [1.54, 1.807) is 0 Å². The third kappa shape index (κ3) is 3.30. The Bertz CT molecular complexity index is 583. The van der Waals surface area contributed by atoms with Gasteiger partial charge in [0, 0.05) is 11.1 Å². The first kappa shape index (κ1) is 14.6. The van der Waals surface area contributed by atoms with Gasteiger partial charge < -0.3 is 5.32 Å². The maximum Gasteiger partial charge on any atom is 0.0409 e. The van der Waals surface area contributed by atoms with Crippen LogP contribution in [0.5, 0.6) is 0 Å². The van der Waals surface area contributed by atoms with Crippen molar-refractivity contribution in [3.63, 3.8) is 0 Å². The third-order valence-corrected chi connectivity index (χ3v) is 4.61. The molecule has 2 aromatic carbocycles. The Morgan fingerprint density at radius 1 is 1.10 bits per heavy atom. The first-order valence-corrected chi connectivity index (χ1v) is 8.21. The summed E-state index contributed by atoms with van der Waals surface area (Å²) in [6.45, 7) is 3.26. The standard InChI is InChI=1S/C19H22ClN/c1-2-10-21-19(16-8-5-9-18(20)13-16)17-11-14-6-3-4-7-15(14)12-17/h3-9,13,17,19,21H,2,10-12H2,1H3. The van der Waals surface area contributed by atoms with Crippen molar-refractivity contribution >= 4 is 11.6 Å². The van der Waals surface area contributed by atoms with E-state index in [4.69, 9.17) is 11.6 Å². The molecule has 21 heavy (non-hydrogen) atoms. The monoisotopic (exact) mass is 299 g/mol. The number of rotatable bonds is 5. The number of nitrogens with one attached hydrogen (secondary N) is 1. The van der Waals surface area contributed by atoms with E-state index in [0.717, 1.165) is 30.8 Å². The summed E-state index contributed by atoms with van der Waals surface area (Å²) in [4.78, 5) is 0. The predicted molar refractivity (Wildman–Crippen MR) is 89.8 cm³/mol. The summed E-state index contributed by atoms with van der Waals surface area (Å²) in [6, 6.07) is 17.5. The van der Waals surface area contributed by atoms with E-state index in [1.807, 2.05) is 6.07 Å². The van der Waals surface area contributed by atoms with Crippen LogP contribution in [0.2, 0.25) is 5.02 Å². The Hall–Kier alpha value is -1.31.